The van der Waals surface area contributed by atoms with Crippen molar-refractivity contribution in [2.75, 3.05) is 20.1 Å². The summed E-state index contributed by atoms with van der Waals surface area (Å²) >= 11 is 0. The summed E-state index contributed by atoms with van der Waals surface area (Å²) in [6.07, 6.45) is 2.52. The van der Waals surface area contributed by atoms with Gasteiger partial charge in [-0.3, -0.25) is 9.67 Å². The molecule has 0 saturated heterocycles. The number of aliphatic imine (C=N–C) groups is 1. The first kappa shape index (κ1) is 18.0. The molecule has 1 aromatic heterocycles. The standard InChI is InChI=1S/C18H28N6/c1-6-19-18(23(4)12-17-21-13-22-24(17)5)20-8-7-16-10-14(2)9-15(3)11-16/h9-11,13H,6-8,12H2,1-5H3,(H,19,20). The molecule has 6 heteroatoms. The van der Waals surface area contributed by atoms with Crippen LogP contribution in [0.25, 0.3) is 0 Å². The van der Waals surface area contributed by atoms with Crippen LogP contribution in [-0.4, -0.2) is 45.8 Å². The Balaban J connectivity index is 2.00. The number of benzene rings is 1. The number of nitrogens with zero attached hydrogens (tertiary/aromatic N) is 5. The van der Waals surface area contributed by atoms with Crippen LogP contribution in [0, 0.1) is 13.8 Å². The van der Waals surface area contributed by atoms with Crippen molar-refractivity contribution in [3.8, 4) is 0 Å². The predicted octanol–water partition coefficient (Wildman–Crippen LogP) is 2.07. The van der Waals surface area contributed by atoms with E-state index < -0.39 is 0 Å². The van der Waals surface area contributed by atoms with Gasteiger partial charge in [-0.05, 0) is 32.8 Å². The molecule has 0 atom stereocenters. The van der Waals surface area contributed by atoms with Crippen LogP contribution in [0.15, 0.2) is 29.5 Å². The summed E-state index contributed by atoms with van der Waals surface area (Å²) in [4.78, 5) is 11.1. The minimum Gasteiger partial charge on any atom is -0.357 e. The molecule has 2 rings (SSSR count). The van der Waals surface area contributed by atoms with E-state index in [1.54, 1.807) is 11.0 Å². The first-order chi connectivity index (χ1) is 11.5. The van der Waals surface area contributed by atoms with Crippen LogP contribution in [0.4, 0.5) is 0 Å². The van der Waals surface area contributed by atoms with Crippen molar-refractivity contribution in [2.45, 2.75) is 33.7 Å². The lowest BCUT2D eigenvalue weighted by Gasteiger charge is -2.21. The number of aryl methyl sites for hydroxylation is 3. The Morgan fingerprint density at radius 1 is 1.25 bits per heavy atom. The topological polar surface area (TPSA) is 58.3 Å². The maximum Gasteiger partial charge on any atom is 0.194 e. The van der Waals surface area contributed by atoms with Gasteiger partial charge in [-0.15, -0.1) is 0 Å². The van der Waals surface area contributed by atoms with E-state index in [2.05, 4.69) is 59.3 Å². The Morgan fingerprint density at radius 3 is 2.54 bits per heavy atom. The van der Waals surface area contributed by atoms with Crippen molar-refractivity contribution in [3.05, 3.63) is 47.0 Å². The van der Waals surface area contributed by atoms with Gasteiger partial charge in [0.2, 0.25) is 0 Å². The molecule has 24 heavy (non-hydrogen) atoms. The number of aromatic nitrogens is 3. The average molecular weight is 328 g/mol. The van der Waals surface area contributed by atoms with Crippen LogP contribution in [0.1, 0.15) is 29.4 Å². The summed E-state index contributed by atoms with van der Waals surface area (Å²) in [5.74, 6) is 1.81. The van der Waals surface area contributed by atoms with E-state index in [1.807, 2.05) is 14.1 Å². The van der Waals surface area contributed by atoms with E-state index in [-0.39, 0.29) is 0 Å². The van der Waals surface area contributed by atoms with Crippen molar-refractivity contribution in [2.24, 2.45) is 12.0 Å². The van der Waals surface area contributed by atoms with E-state index >= 15 is 0 Å². The highest BCUT2D eigenvalue weighted by atomic mass is 15.4. The Morgan fingerprint density at radius 2 is 1.96 bits per heavy atom. The first-order valence-corrected chi connectivity index (χ1v) is 8.39. The molecule has 0 aliphatic carbocycles. The van der Waals surface area contributed by atoms with Gasteiger partial charge in [0.1, 0.15) is 12.2 Å². The number of guanidine groups is 1. The molecule has 1 aromatic carbocycles. The predicted molar refractivity (Wildman–Crippen MR) is 98.1 cm³/mol. The number of rotatable bonds is 6. The largest absolute Gasteiger partial charge is 0.357 e. The fourth-order valence-corrected chi connectivity index (χ4v) is 2.72. The molecule has 2 aromatic rings. The number of hydrogen-bond donors (Lipinski definition) is 1. The van der Waals surface area contributed by atoms with Crippen molar-refractivity contribution >= 4 is 5.96 Å². The highest BCUT2D eigenvalue weighted by Gasteiger charge is 2.09. The number of hydrogen-bond acceptors (Lipinski definition) is 3. The van der Waals surface area contributed by atoms with Gasteiger partial charge in [0, 0.05) is 27.2 Å². The van der Waals surface area contributed by atoms with E-state index in [9.17, 15) is 0 Å². The summed E-state index contributed by atoms with van der Waals surface area (Å²) in [5, 5.41) is 7.45. The molecule has 1 N–H and O–H groups in total. The lowest BCUT2D eigenvalue weighted by molar-refractivity contribution is 0.449. The van der Waals surface area contributed by atoms with Gasteiger partial charge in [-0.25, -0.2) is 4.98 Å². The molecule has 0 bridgehead atoms. The third kappa shape index (κ3) is 5.08. The average Bonchev–Trinajstić information content (AvgIpc) is 2.90. The van der Waals surface area contributed by atoms with Crippen LogP contribution in [0.2, 0.25) is 0 Å². The van der Waals surface area contributed by atoms with Crippen molar-refractivity contribution < 1.29 is 0 Å². The minimum absolute atomic E-state index is 0.673. The van der Waals surface area contributed by atoms with Gasteiger partial charge < -0.3 is 10.2 Å². The molecular weight excluding hydrogens is 300 g/mol. The molecule has 6 nitrogen and oxygen atoms in total. The molecule has 0 aliphatic rings. The fourth-order valence-electron chi connectivity index (χ4n) is 2.72. The maximum atomic E-state index is 4.75. The zero-order valence-corrected chi connectivity index (χ0v) is 15.4. The molecule has 0 radical (unpaired) electrons. The Hall–Kier alpha value is -2.37. The molecular formula is C18H28N6. The smallest absolute Gasteiger partial charge is 0.194 e. The summed E-state index contributed by atoms with van der Waals surface area (Å²) in [7, 11) is 3.92. The zero-order chi connectivity index (χ0) is 17.5. The van der Waals surface area contributed by atoms with Crippen LogP contribution in [0.3, 0.4) is 0 Å². The molecule has 0 aliphatic heterocycles. The summed E-state index contributed by atoms with van der Waals surface area (Å²) in [6.45, 7) is 8.62. The second kappa shape index (κ2) is 8.47. The summed E-state index contributed by atoms with van der Waals surface area (Å²) in [6, 6.07) is 6.67. The van der Waals surface area contributed by atoms with Gasteiger partial charge in [0.25, 0.3) is 0 Å². The Bertz CT molecular complexity index is 668. The van der Waals surface area contributed by atoms with Gasteiger partial charge in [-0.1, -0.05) is 29.3 Å². The zero-order valence-electron chi connectivity index (χ0n) is 15.4. The van der Waals surface area contributed by atoms with E-state index in [1.165, 1.54) is 16.7 Å². The van der Waals surface area contributed by atoms with Gasteiger partial charge >= 0.3 is 0 Å². The maximum absolute atomic E-state index is 4.75. The van der Waals surface area contributed by atoms with Crippen LogP contribution < -0.4 is 5.32 Å². The van der Waals surface area contributed by atoms with Crippen molar-refractivity contribution in [3.63, 3.8) is 0 Å². The van der Waals surface area contributed by atoms with Crippen LogP contribution in [-0.2, 0) is 20.0 Å². The van der Waals surface area contributed by atoms with Crippen molar-refractivity contribution in [1.29, 1.82) is 0 Å². The quantitative estimate of drug-likeness (QED) is 0.651. The lowest BCUT2D eigenvalue weighted by atomic mass is 10.1. The molecule has 0 spiro atoms. The summed E-state index contributed by atoms with van der Waals surface area (Å²) < 4.78 is 1.79. The highest BCUT2D eigenvalue weighted by molar-refractivity contribution is 5.79. The van der Waals surface area contributed by atoms with Gasteiger partial charge in [-0.2, -0.15) is 5.10 Å². The molecule has 0 unspecified atom stereocenters. The monoisotopic (exact) mass is 328 g/mol. The molecule has 0 saturated carbocycles. The second-order valence-corrected chi connectivity index (χ2v) is 6.14. The van der Waals surface area contributed by atoms with E-state index in [0.717, 1.165) is 31.3 Å². The van der Waals surface area contributed by atoms with Crippen molar-refractivity contribution in [1.82, 2.24) is 25.0 Å². The third-order valence-electron chi connectivity index (χ3n) is 3.82. The molecule has 1 heterocycles. The Kier molecular flexibility index (Phi) is 6.35. The molecule has 0 amide bonds. The van der Waals surface area contributed by atoms with Crippen LogP contribution >= 0.6 is 0 Å². The number of nitrogens with one attached hydrogen (secondary N) is 1. The van der Waals surface area contributed by atoms with Gasteiger partial charge in [0.05, 0.1) is 6.54 Å². The SMILES string of the molecule is CCNC(=NCCc1cc(C)cc(C)c1)N(C)Cc1ncnn1C. The second-order valence-electron chi connectivity index (χ2n) is 6.14. The minimum atomic E-state index is 0.673. The normalized spacial score (nSPS) is 11.6. The third-order valence-corrected chi connectivity index (χ3v) is 3.82. The van der Waals surface area contributed by atoms with E-state index in [0.29, 0.717) is 6.54 Å². The Labute approximate surface area is 144 Å². The highest BCUT2D eigenvalue weighted by Crippen LogP contribution is 2.09. The van der Waals surface area contributed by atoms with Crippen LogP contribution in [0.5, 0.6) is 0 Å². The lowest BCUT2D eigenvalue weighted by Crippen LogP contribution is -2.39. The molecule has 0 fully saturated rings. The van der Waals surface area contributed by atoms with E-state index in [4.69, 9.17) is 4.99 Å². The fraction of sp³-hybridized carbons (Fsp3) is 0.500. The molecule has 130 valence electrons. The summed E-state index contributed by atoms with van der Waals surface area (Å²) in [5.41, 5.74) is 3.95. The van der Waals surface area contributed by atoms with Gasteiger partial charge in [0.15, 0.2) is 5.96 Å². The first-order valence-electron chi connectivity index (χ1n) is 8.39.